The molecule has 1 heterocycles. The zero-order valence-electron chi connectivity index (χ0n) is 10.1. The summed E-state index contributed by atoms with van der Waals surface area (Å²) in [4.78, 5) is 25.2. The van der Waals surface area contributed by atoms with Gasteiger partial charge in [0.25, 0.3) is 5.91 Å². The van der Waals surface area contributed by atoms with Crippen LogP contribution in [0.25, 0.3) is 0 Å². The van der Waals surface area contributed by atoms with Crippen molar-refractivity contribution in [2.45, 2.75) is 38.1 Å². The van der Waals surface area contributed by atoms with Crippen molar-refractivity contribution in [2.24, 2.45) is 5.73 Å². The van der Waals surface area contributed by atoms with Crippen LogP contribution in [0.1, 0.15) is 32.1 Å². The van der Waals surface area contributed by atoms with Crippen molar-refractivity contribution in [3.05, 3.63) is 11.3 Å². The van der Waals surface area contributed by atoms with E-state index in [2.05, 4.69) is 4.74 Å². The molecule has 2 N–H and O–H groups in total. The number of esters is 1. The van der Waals surface area contributed by atoms with Gasteiger partial charge >= 0.3 is 5.97 Å². The van der Waals surface area contributed by atoms with Gasteiger partial charge in [0.1, 0.15) is 5.70 Å². The van der Waals surface area contributed by atoms with Gasteiger partial charge in [-0.2, -0.15) is 0 Å². The Morgan fingerprint density at radius 1 is 1.35 bits per heavy atom. The molecule has 1 amide bonds. The number of nitrogens with zero attached hydrogens (tertiary/aromatic N) is 1. The zero-order chi connectivity index (χ0) is 12.4. The summed E-state index contributed by atoms with van der Waals surface area (Å²) in [6.07, 6.45) is 5.52. The molecule has 94 valence electrons. The van der Waals surface area contributed by atoms with E-state index < -0.39 is 5.97 Å². The van der Waals surface area contributed by atoms with Crippen LogP contribution in [-0.2, 0) is 14.3 Å². The molecule has 0 aromatic heterocycles. The van der Waals surface area contributed by atoms with Crippen molar-refractivity contribution in [3.63, 3.8) is 0 Å². The van der Waals surface area contributed by atoms with E-state index in [0.717, 1.165) is 25.7 Å². The fourth-order valence-electron chi connectivity index (χ4n) is 2.60. The molecule has 1 aliphatic carbocycles. The number of hydrogen-bond donors (Lipinski definition) is 1. The minimum absolute atomic E-state index is 0.0578. The molecule has 0 unspecified atom stereocenters. The van der Waals surface area contributed by atoms with Crippen LogP contribution in [0.5, 0.6) is 0 Å². The number of carbonyl (C=O) groups excluding carboxylic acids is 2. The lowest BCUT2D eigenvalue weighted by Crippen LogP contribution is -2.40. The first-order valence-electron chi connectivity index (χ1n) is 6.03. The minimum atomic E-state index is -0.492. The largest absolute Gasteiger partial charge is 0.466 e. The minimum Gasteiger partial charge on any atom is -0.466 e. The molecule has 0 atom stereocenters. The van der Waals surface area contributed by atoms with E-state index in [9.17, 15) is 9.59 Å². The number of carbonyl (C=O) groups is 2. The molecular weight excluding hydrogens is 220 g/mol. The van der Waals surface area contributed by atoms with Gasteiger partial charge in [-0.05, 0) is 12.8 Å². The summed E-state index contributed by atoms with van der Waals surface area (Å²) in [5.41, 5.74) is 6.05. The maximum absolute atomic E-state index is 12.0. The lowest BCUT2D eigenvalue weighted by Gasteiger charge is -2.31. The summed E-state index contributed by atoms with van der Waals surface area (Å²) >= 11 is 0. The van der Waals surface area contributed by atoms with E-state index in [4.69, 9.17) is 5.73 Å². The molecule has 0 bridgehead atoms. The average molecular weight is 238 g/mol. The van der Waals surface area contributed by atoms with Gasteiger partial charge in [-0.3, -0.25) is 4.79 Å². The Morgan fingerprint density at radius 3 is 2.59 bits per heavy atom. The highest BCUT2D eigenvalue weighted by Gasteiger charge is 2.36. The van der Waals surface area contributed by atoms with Gasteiger partial charge in [0.05, 0.1) is 19.2 Å². The van der Waals surface area contributed by atoms with Crippen molar-refractivity contribution in [1.29, 1.82) is 0 Å². The van der Waals surface area contributed by atoms with Crippen molar-refractivity contribution < 1.29 is 14.3 Å². The summed E-state index contributed by atoms with van der Waals surface area (Å²) < 4.78 is 4.63. The number of hydrogen-bond acceptors (Lipinski definition) is 4. The van der Waals surface area contributed by atoms with Crippen LogP contribution >= 0.6 is 0 Å². The number of ether oxygens (including phenoxy) is 1. The predicted molar refractivity (Wildman–Crippen MR) is 61.8 cm³/mol. The number of amides is 1. The Balaban J connectivity index is 2.10. The topological polar surface area (TPSA) is 72.6 Å². The van der Waals surface area contributed by atoms with Gasteiger partial charge in [0, 0.05) is 6.04 Å². The highest BCUT2D eigenvalue weighted by molar-refractivity contribution is 6.06. The molecule has 5 nitrogen and oxygen atoms in total. The second-order valence-corrected chi connectivity index (χ2v) is 4.61. The second kappa shape index (κ2) is 4.77. The van der Waals surface area contributed by atoms with Crippen LogP contribution in [0.4, 0.5) is 0 Å². The van der Waals surface area contributed by atoms with Gasteiger partial charge in [-0.1, -0.05) is 19.3 Å². The zero-order valence-corrected chi connectivity index (χ0v) is 10.1. The summed E-state index contributed by atoms with van der Waals surface area (Å²) in [6.45, 7) is 0.308. The fourth-order valence-corrected chi connectivity index (χ4v) is 2.60. The quantitative estimate of drug-likeness (QED) is 0.713. The lowest BCUT2D eigenvalue weighted by molar-refractivity contribution is -0.136. The average Bonchev–Trinajstić information content (AvgIpc) is 2.67. The molecule has 0 aromatic rings. The Kier molecular flexibility index (Phi) is 3.36. The Bertz CT molecular complexity index is 370. The van der Waals surface area contributed by atoms with Crippen LogP contribution in [0.3, 0.4) is 0 Å². The molecule has 5 heteroatoms. The summed E-state index contributed by atoms with van der Waals surface area (Å²) in [6, 6.07) is 0.233. The van der Waals surface area contributed by atoms with E-state index in [-0.39, 0.29) is 17.6 Å². The first-order valence-corrected chi connectivity index (χ1v) is 6.03. The molecule has 0 radical (unpaired) electrons. The standard InChI is InChI=1S/C12H18N2O3/c1-17-12(16)9-7-14(11(15)10(9)13)8-5-3-2-4-6-8/h8H,2-7,13H2,1H3. The number of rotatable bonds is 2. The summed E-state index contributed by atoms with van der Waals surface area (Å²) in [5, 5.41) is 0. The van der Waals surface area contributed by atoms with E-state index in [1.54, 1.807) is 4.90 Å². The van der Waals surface area contributed by atoms with E-state index in [1.807, 2.05) is 0 Å². The number of nitrogens with two attached hydrogens (primary N) is 1. The molecule has 1 fully saturated rings. The normalized spacial score (nSPS) is 22.2. The predicted octanol–water partition coefficient (Wildman–Crippen LogP) is 0.547. The van der Waals surface area contributed by atoms with Gasteiger partial charge in [-0.15, -0.1) is 0 Å². The first kappa shape index (κ1) is 12.0. The Morgan fingerprint density at radius 2 is 2.00 bits per heavy atom. The fraction of sp³-hybridized carbons (Fsp3) is 0.667. The third-order valence-electron chi connectivity index (χ3n) is 3.59. The first-order chi connectivity index (χ1) is 8.15. The van der Waals surface area contributed by atoms with E-state index in [1.165, 1.54) is 13.5 Å². The van der Waals surface area contributed by atoms with Crippen molar-refractivity contribution in [2.75, 3.05) is 13.7 Å². The molecule has 2 aliphatic rings. The Hall–Kier alpha value is -1.52. The monoisotopic (exact) mass is 238 g/mol. The lowest BCUT2D eigenvalue weighted by atomic mass is 9.94. The van der Waals surface area contributed by atoms with Gasteiger partial charge in [0.2, 0.25) is 0 Å². The SMILES string of the molecule is COC(=O)C1=C(N)C(=O)N(C2CCCCC2)C1. The molecule has 2 rings (SSSR count). The molecular formula is C12H18N2O3. The van der Waals surface area contributed by atoms with E-state index >= 15 is 0 Å². The van der Waals surface area contributed by atoms with Crippen LogP contribution in [0.15, 0.2) is 11.3 Å². The van der Waals surface area contributed by atoms with E-state index in [0.29, 0.717) is 12.1 Å². The van der Waals surface area contributed by atoms with Gasteiger partial charge in [-0.25, -0.2) is 4.79 Å². The molecule has 17 heavy (non-hydrogen) atoms. The molecule has 0 aromatic carbocycles. The second-order valence-electron chi connectivity index (χ2n) is 4.61. The summed E-state index contributed by atoms with van der Waals surface area (Å²) in [5.74, 6) is -0.702. The van der Waals surface area contributed by atoms with Crippen LogP contribution in [-0.4, -0.2) is 36.5 Å². The molecule has 0 saturated heterocycles. The van der Waals surface area contributed by atoms with Crippen LogP contribution < -0.4 is 5.73 Å². The van der Waals surface area contributed by atoms with Crippen molar-refractivity contribution >= 4 is 11.9 Å². The van der Waals surface area contributed by atoms with Crippen molar-refractivity contribution in [1.82, 2.24) is 4.90 Å². The maximum atomic E-state index is 12.0. The Labute approximate surface area is 101 Å². The molecule has 1 saturated carbocycles. The smallest absolute Gasteiger partial charge is 0.337 e. The third kappa shape index (κ3) is 2.14. The number of methoxy groups -OCH3 is 1. The van der Waals surface area contributed by atoms with Gasteiger partial charge in [0.15, 0.2) is 0 Å². The van der Waals surface area contributed by atoms with Gasteiger partial charge < -0.3 is 15.4 Å². The van der Waals surface area contributed by atoms with Crippen LogP contribution in [0, 0.1) is 0 Å². The maximum Gasteiger partial charge on any atom is 0.337 e. The highest BCUT2D eigenvalue weighted by Crippen LogP contribution is 2.27. The molecule has 0 spiro atoms. The third-order valence-corrected chi connectivity index (χ3v) is 3.59. The van der Waals surface area contributed by atoms with Crippen molar-refractivity contribution in [3.8, 4) is 0 Å². The highest BCUT2D eigenvalue weighted by atomic mass is 16.5. The molecule has 1 aliphatic heterocycles. The van der Waals surface area contributed by atoms with Crippen LogP contribution in [0.2, 0.25) is 0 Å². The summed E-state index contributed by atoms with van der Waals surface area (Å²) in [7, 11) is 1.30.